The van der Waals surface area contributed by atoms with Crippen LogP contribution in [0.25, 0.3) is 16.7 Å². The molecule has 35 heavy (non-hydrogen) atoms. The van der Waals surface area contributed by atoms with Crippen molar-refractivity contribution in [1.82, 2.24) is 19.7 Å². The number of benzene rings is 1. The zero-order chi connectivity index (χ0) is 25.1. The summed E-state index contributed by atoms with van der Waals surface area (Å²) in [6.45, 7) is 6.92. The summed E-state index contributed by atoms with van der Waals surface area (Å²) < 4.78 is 11.7. The second kappa shape index (κ2) is 10.2. The van der Waals surface area contributed by atoms with Crippen molar-refractivity contribution >= 4 is 34.5 Å². The van der Waals surface area contributed by atoms with E-state index in [4.69, 9.17) is 14.5 Å². The number of ether oxygens (including phenoxy) is 2. The van der Waals surface area contributed by atoms with Crippen LogP contribution in [0.15, 0.2) is 30.5 Å². The van der Waals surface area contributed by atoms with E-state index in [-0.39, 0.29) is 42.8 Å². The first kappa shape index (κ1) is 24.3. The zero-order valence-electron chi connectivity index (χ0n) is 20.3. The van der Waals surface area contributed by atoms with Gasteiger partial charge in [0.2, 0.25) is 11.8 Å². The molecule has 1 aliphatic rings. The fraction of sp³-hybridized carbons (Fsp3) is 0.400. The number of fused-ring (bicyclic) bond motifs is 1. The molecule has 3 heterocycles. The largest absolute Gasteiger partial charge is 0.462 e. The van der Waals surface area contributed by atoms with E-state index in [2.05, 4.69) is 10.4 Å². The number of anilines is 1. The third-order valence-corrected chi connectivity index (χ3v) is 6.11. The number of amides is 2. The molecular weight excluding hydrogens is 450 g/mol. The molecule has 1 fully saturated rings. The quantitative estimate of drug-likeness (QED) is 0.494. The normalized spacial score (nSPS) is 15.6. The van der Waals surface area contributed by atoms with Gasteiger partial charge in [0.15, 0.2) is 11.6 Å². The number of carbonyl (C=O) groups excluding carboxylic acids is 3. The van der Waals surface area contributed by atoms with E-state index in [9.17, 15) is 14.4 Å². The Morgan fingerprint density at radius 1 is 1.23 bits per heavy atom. The molecule has 0 saturated carbocycles. The van der Waals surface area contributed by atoms with E-state index < -0.39 is 11.9 Å². The molecule has 0 spiro atoms. The molecule has 1 unspecified atom stereocenters. The summed E-state index contributed by atoms with van der Waals surface area (Å²) >= 11 is 0. The third-order valence-electron chi connectivity index (χ3n) is 6.11. The predicted octanol–water partition coefficient (Wildman–Crippen LogP) is 2.65. The predicted molar refractivity (Wildman–Crippen MR) is 129 cm³/mol. The van der Waals surface area contributed by atoms with Gasteiger partial charge in [-0.25, -0.2) is 9.78 Å². The van der Waals surface area contributed by atoms with Gasteiger partial charge in [-0.2, -0.15) is 9.78 Å². The molecule has 0 aliphatic carbocycles. The summed E-state index contributed by atoms with van der Waals surface area (Å²) in [7, 11) is 1.56. The van der Waals surface area contributed by atoms with Crippen molar-refractivity contribution in [3.8, 4) is 5.82 Å². The number of esters is 1. The van der Waals surface area contributed by atoms with E-state index in [1.807, 2.05) is 38.1 Å². The Bertz CT molecular complexity index is 1280. The summed E-state index contributed by atoms with van der Waals surface area (Å²) in [6, 6.07) is 7.80. The van der Waals surface area contributed by atoms with Crippen LogP contribution in [0.2, 0.25) is 0 Å². The highest BCUT2D eigenvalue weighted by molar-refractivity contribution is 6.02. The number of pyridine rings is 1. The van der Waals surface area contributed by atoms with Crippen LogP contribution in [-0.4, -0.2) is 70.9 Å². The van der Waals surface area contributed by atoms with Gasteiger partial charge in [0.1, 0.15) is 5.56 Å². The number of aryl methyl sites for hydroxylation is 2. The summed E-state index contributed by atoms with van der Waals surface area (Å²) in [6.07, 6.45) is 1.45. The highest BCUT2D eigenvalue weighted by Crippen LogP contribution is 2.27. The van der Waals surface area contributed by atoms with E-state index in [1.165, 1.54) is 10.9 Å². The van der Waals surface area contributed by atoms with E-state index in [0.29, 0.717) is 19.0 Å². The van der Waals surface area contributed by atoms with Crippen LogP contribution in [0, 0.1) is 19.8 Å². The lowest BCUT2D eigenvalue weighted by atomic mass is 10.1. The second-order valence-electron chi connectivity index (χ2n) is 8.53. The van der Waals surface area contributed by atoms with Crippen LogP contribution in [0.4, 0.5) is 5.82 Å². The number of likely N-dealkylation sites (tertiary alicyclic amines) is 1. The summed E-state index contributed by atoms with van der Waals surface area (Å²) in [5, 5.41) is 8.20. The van der Waals surface area contributed by atoms with Crippen molar-refractivity contribution in [2.75, 3.05) is 38.7 Å². The topological polar surface area (TPSA) is 116 Å². The number of hydrogen-bond acceptors (Lipinski definition) is 7. The van der Waals surface area contributed by atoms with Gasteiger partial charge in [0.25, 0.3) is 0 Å². The molecule has 1 N–H and O–H groups in total. The lowest BCUT2D eigenvalue weighted by molar-refractivity contribution is -0.128. The standard InChI is InChI=1S/C25H29N5O5/c1-5-35-25(33)19-13-26-30(20-11-16(3)18-8-6-7-15(2)22(18)27-20)23(19)28-24(32)17-12-21(31)29(14-17)9-10-34-4/h6-8,11,13,17H,5,9-10,12,14H2,1-4H3,(H,28,32). The number of aromatic nitrogens is 3. The number of nitrogens with one attached hydrogen (secondary N) is 1. The highest BCUT2D eigenvalue weighted by atomic mass is 16.5. The Hall–Kier alpha value is -3.79. The van der Waals surface area contributed by atoms with Crippen LogP contribution in [0.3, 0.4) is 0 Å². The number of para-hydroxylation sites is 1. The average molecular weight is 480 g/mol. The molecule has 0 radical (unpaired) electrons. The van der Waals surface area contributed by atoms with Crippen molar-refractivity contribution in [1.29, 1.82) is 0 Å². The minimum atomic E-state index is -0.605. The van der Waals surface area contributed by atoms with Crippen LogP contribution < -0.4 is 5.32 Å². The molecule has 1 aliphatic heterocycles. The van der Waals surface area contributed by atoms with Crippen molar-refractivity contribution in [2.24, 2.45) is 5.92 Å². The van der Waals surface area contributed by atoms with Gasteiger partial charge >= 0.3 is 5.97 Å². The number of carbonyl (C=O) groups is 3. The fourth-order valence-corrected chi connectivity index (χ4v) is 4.24. The van der Waals surface area contributed by atoms with Gasteiger partial charge in [-0.05, 0) is 38.0 Å². The lowest BCUT2D eigenvalue weighted by Gasteiger charge is -2.16. The van der Waals surface area contributed by atoms with Gasteiger partial charge in [-0.15, -0.1) is 0 Å². The summed E-state index contributed by atoms with van der Waals surface area (Å²) in [4.78, 5) is 44.5. The molecule has 4 rings (SSSR count). The summed E-state index contributed by atoms with van der Waals surface area (Å²) in [5.74, 6) is -1.03. The Morgan fingerprint density at radius 3 is 2.77 bits per heavy atom. The van der Waals surface area contributed by atoms with Crippen LogP contribution in [-0.2, 0) is 19.1 Å². The smallest absolute Gasteiger partial charge is 0.343 e. The first-order chi connectivity index (χ1) is 16.8. The van der Waals surface area contributed by atoms with Gasteiger partial charge in [0, 0.05) is 32.0 Å². The minimum Gasteiger partial charge on any atom is -0.462 e. The maximum atomic E-state index is 13.2. The van der Waals surface area contributed by atoms with Gasteiger partial charge in [-0.3, -0.25) is 9.59 Å². The summed E-state index contributed by atoms with van der Waals surface area (Å²) in [5.41, 5.74) is 2.90. The Labute approximate surface area is 203 Å². The first-order valence-electron chi connectivity index (χ1n) is 11.5. The van der Waals surface area contributed by atoms with Crippen LogP contribution >= 0.6 is 0 Å². The highest BCUT2D eigenvalue weighted by Gasteiger charge is 2.35. The van der Waals surface area contributed by atoms with Gasteiger partial charge in [0.05, 0.1) is 30.8 Å². The first-order valence-corrected chi connectivity index (χ1v) is 11.5. The number of rotatable bonds is 8. The van der Waals surface area contributed by atoms with E-state index in [0.717, 1.165) is 22.0 Å². The number of methoxy groups -OCH3 is 1. The SMILES string of the molecule is CCOC(=O)c1cnn(-c2cc(C)c3cccc(C)c3n2)c1NC(=O)C1CC(=O)N(CCOC)C1. The van der Waals surface area contributed by atoms with Crippen LogP contribution in [0.1, 0.15) is 34.8 Å². The van der Waals surface area contributed by atoms with Crippen LogP contribution in [0.5, 0.6) is 0 Å². The average Bonchev–Trinajstić information content (AvgIpc) is 3.42. The Morgan fingerprint density at radius 2 is 2.03 bits per heavy atom. The third kappa shape index (κ3) is 4.88. The van der Waals surface area contributed by atoms with Crippen molar-refractivity contribution in [3.05, 3.63) is 47.2 Å². The molecule has 1 aromatic carbocycles. The molecular formula is C25H29N5O5. The molecule has 1 atom stereocenters. The molecule has 2 amide bonds. The molecule has 2 aromatic heterocycles. The van der Waals surface area contributed by atoms with Gasteiger partial charge in [-0.1, -0.05) is 18.2 Å². The molecule has 0 bridgehead atoms. The lowest BCUT2D eigenvalue weighted by Crippen LogP contribution is -2.31. The van der Waals surface area contributed by atoms with Gasteiger partial charge < -0.3 is 19.7 Å². The number of nitrogens with zero attached hydrogens (tertiary/aromatic N) is 4. The molecule has 184 valence electrons. The Kier molecular flexibility index (Phi) is 7.11. The van der Waals surface area contributed by atoms with E-state index in [1.54, 1.807) is 18.9 Å². The van der Waals surface area contributed by atoms with Crippen molar-refractivity contribution in [2.45, 2.75) is 27.2 Å². The molecule has 3 aromatic rings. The maximum absolute atomic E-state index is 13.2. The van der Waals surface area contributed by atoms with E-state index >= 15 is 0 Å². The Balaban J connectivity index is 1.70. The van der Waals surface area contributed by atoms with Crippen molar-refractivity contribution in [3.63, 3.8) is 0 Å². The second-order valence-corrected chi connectivity index (χ2v) is 8.53. The molecule has 10 nitrogen and oxygen atoms in total. The molecule has 1 saturated heterocycles. The number of hydrogen-bond donors (Lipinski definition) is 1. The fourth-order valence-electron chi connectivity index (χ4n) is 4.24. The monoisotopic (exact) mass is 479 g/mol. The molecule has 10 heteroatoms. The maximum Gasteiger partial charge on any atom is 0.343 e. The van der Waals surface area contributed by atoms with Crippen molar-refractivity contribution < 1.29 is 23.9 Å². The zero-order valence-corrected chi connectivity index (χ0v) is 20.3. The minimum absolute atomic E-state index is 0.0882.